The number of rotatable bonds is 2. The van der Waals surface area contributed by atoms with Gasteiger partial charge >= 0.3 is 6.09 Å². The molecule has 2 aromatic rings. The number of aromatic nitrogens is 2. The van der Waals surface area contributed by atoms with Crippen LogP contribution in [0.15, 0.2) is 21.3 Å². The number of nitrogens with zero attached hydrogens (tertiary/aromatic N) is 2. The van der Waals surface area contributed by atoms with Crippen molar-refractivity contribution in [2.24, 2.45) is 0 Å². The van der Waals surface area contributed by atoms with E-state index in [1.807, 2.05) is 0 Å². The smallest absolute Gasteiger partial charge is 0.409 e. The topological polar surface area (TPSA) is 88.3 Å². The second-order valence-electron chi connectivity index (χ2n) is 3.39. The molecule has 0 aromatic carbocycles. The van der Waals surface area contributed by atoms with Gasteiger partial charge in [0.05, 0.1) is 0 Å². The Morgan fingerprint density at radius 2 is 2.33 bits per heavy atom. The van der Waals surface area contributed by atoms with Crippen molar-refractivity contribution in [1.29, 1.82) is 0 Å². The van der Waals surface area contributed by atoms with Crippen molar-refractivity contribution in [3.63, 3.8) is 0 Å². The van der Waals surface area contributed by atoms with Gasteiger partial charge in [0.1, 0.15) is 17.1 Å². The minimum absolute atomic E-state index is 0.0556. The Morgan fingerprint density at radius 1 is 1.61 bits per heavy atom. The fourth-order valence-electron chi connectivity index (χ4n) is 1.37. The molecule has 2 N–H and O–H groups in total. The molecular weight excluding hydrogens is 309 g/mol. The van der Waals surface area contributed by atoms with Gasteiger partial charge < -0.3 is 9.63 Å². The molecular formula is C10H7BrFN3O3. The number of carboxylic acid groups (broad SMARTS) is 1. The van der Waals surface area contributed by atoms with Crippen LogP contribution in [0.25, 0.3) is 11.5 Å². The average molecular weight is 316 g/mol. The first-order valence-corrected chi connectivity index (χ1v) is 5.56. The Labute approximate surface area is 109 Å². The van der Waals surface area contributed by atoms with Gasteiger partial charge in [0.2, 0.25) is 5.76 Å². The second-order valence-corrected chi connectivity index (χ2v) is 4.30. The van der Waals surface area contributed by atoms with Crippen molar-refractivity contribution < 1.29 is 18.8 Å². The predicted molar refractivity (Wildman–Crippen MR) is 63.8 cm³/mol. The summed E-state index contributed by atoms with van der Waals surface area (Å²) >= 11 is 3.07. The van der Waals surface area contributed by atoms with Crippen LogP contribution in [0.2, 0.25) is 0 Å². The third kappa shape index (κ3) is 2.33. The Kier molecular flexibility index (Phi) is 3.28. The largest absolute Gasteiger partial charge is 0.465 e. The zero-order chi connectivity index (χ0) is 13.3. The van der Waals surface area contributed by atoms with Crippen LogP contribution in [-0.2, 0) is 0 Å². The van der Waals surface area contributed by atoms with E-state index in [1.165, 1.54) is 19.2 Å². The monoisotopic (exact) mass is 315 g/mol. The standard InChI is InChI=1S/C10H7BrFN3O3/c1-4-7(14-10(16)17)9(18-15-4)8-6(12)2-5(11)3-13-8/h2-3,14H,1H3,(H,16,17). The van der Waals surface area contributed by atoms with E-state index in [9.17, 15) is 9.18 Å². The van der Waals surface area contributed by atoms with Crippen LogP contribution in [0.4, 0.5) is 14.9 Å². The Morgan fingerprint density at radius 3 is 2.94 bits per heavy atom. The lowest BCUT2D eigenvalue weighted by atomic mass is 10.2. The van der Waals surface area contributed by atoms with Crippen LogP contribution in [0.1, 0.15) is 5.69 Å². The third-order valence-electron chi connectivity index (χ3n) is 2.12. The van der Waals surface area contributed by atoms with E-state index >= 15 is 0 Å². The number of nitrogens with one attached hydrogen (secondary N) is 1. The van der Waals surface area contributed by atoms with Crippen molar-refractivity contribution in [1.82, 2.24) is 10.1 Å². The molecule has 0 saturated heterocycles. The molecule has 2 aromatic heterocycles. The summed E-state index contributed by atoms with van der Waals surface area (Å²) in [4.78, 5) is 14.5. The van der Waals surface area contributed by atoms with Gasteiger partial charge in [0.25, 0.3) is 0 Å². The molecule has 2 heterocycles. The van der Waals surface area contributed by atoms with Crippen LogP contribution in [0.3, 0.4) is 0 Å². The molecule has 94 valence electrons. The van der Waals surface area contributed by atoms with Crippen LogP contribution >= 0.6 is 15.9 Å². The maximum absolute atomic E-state index is 13.7. The average Bonchev–Trinajstić information content (AvgIpc) is 2.60. The second kappa shape index (κ2) is 4.73. The number of halogens is 2. The Balaban J connectivity index is 2.53. The molecule has 0 aliphatic rings. The number of pyridine rings is 1. The first-order valence-electron chi connectivity index (χ1n) is 4.76. The minimum atomic E-state index is -1.29. The fraction of sp³-hybridized carbons (Fsp3) is 0.100. The van der Waals surface area contributed by atoms with E-state index in [0.29, 0.717) is 10.2 Å². The molecule has 0 aliphatic heterocycles. The van der Waals surface area contributed by atoms with Crippen molar-refractivity contribution in [3.8, 4) is 11.5 Å². The number of aryl methyl sites for hydroxylation is 1. The van der Waals surface area contributed by atoms with Gasteiger partial charge in [-0.1, -0.05) is 5.16 Å². The van der Waals surface area contributed by atoms with Crippen molar-refractivity contribution in [3.05, 3.63) is 28.2 Å². The number of carbonyl (C=O) groups is 1. The van der Waals surface area contributed by atoms with Crippen LogP contribution in [0, 0.1) is 12.7 Å². The fourth-order valence-corrected chi connectivity index (χ4v) is 1.67. The van der Waals surface area contributed by atoms with E-state index in [0.717, 1.165) is 0 Å². The number of amides is 1. The summed E-state index contributed by atoms with van der Waals surface area (Å²) in [5.41, 5.74) is 0.273. The van der Waals surface area contributed by atoms with Gasteiger partial charge in [-0.15, -0.1) is 0 Å². The van der Waals surface area contributed by atoms with E-state index in [2.05, 4.69) is 31.4 Å². The van der Waals surface area contributed by atoms with E-state index in [4.69, 9.17) is 9.63 Å². The highest BCUT2D eigenvalue weighted by Gasteiger charge is 2.21. The van der Waals surface area contributed by atoms with Gasteiger partial charge in [0, 0.05) is 10.7 Å². The number of hydrogen-bond acceptors (Lipinski definition) is 4. The number of anilines is 1. The summed E-state index contributed by atoms with van der Waals surface area (Å²) in [6, 6.07) is 1.20. The molecule has 0 fully saturated rings. The van der Waals surface area contributed by atoms with Gasteiger partial charge in [-0.25, -0.2) is 14.2 Å². The summed E-state index contributed by atoms with van der Waals surface area (Å²) < 4.78 is 19.1. The summed E-state index contributed by atoms with van der Waals surface area (Å²) in [7, 11) is 0. The molecule has 0 spiro atoms. The zero-order valence-corrected chi connectivity index (χ0v) is 10.7. The molecule has 0 unspecified atom stereocenters. The molecule has 18 heavy (non-hydrogen) atoms. The lowest BCUT2D eigenvalue weighted by Gasteiger charge is -2.02. The minimum Gasteiger partial charge on any atom is -0.465 e. The molecule has 0 aliphatic carbocycles. The molecule has 0 atom stereocenters. The van der Waals surface area contributed by atoms with Gasteiger partial charge in [-0.3, -0.25) is 5.32 Å². The molecule has 1 amide bonds. The molecule has 0 bridgehead atoms. The summed E-state index contributed by atoms with van der Waals surface area (Å²) in [5.74, 6) is -0.700. The zero-order valence-electron chi connectivity index (χ0n) is 9.07. The van der Waals surface area contributed by atoms with Crippen LogP contribution in [0.5, 0.6) is 0 Å². The van der Waals surface area contributed by atoms with Crippen molar-refractivity contribution in [2.75, 3.05) is 5.32 Å². The molecule has 8 heteroatoms. The summed E-state index contributed by atoms with van der Waals surface area (Å²) in [5, 5.41) is 14.4. The van der Waals surface area contributed by atoms with Crippen LogP contribution in [-0.4, -0.2) is 21.3 Å². The first-order chi connectivity index (χ1) is 8.49. The highest BCUT2D eigenvalue weighted by Crippen LogP contribution is 2.31. The maximum Gasteiger partial charge on any atom is 0.409 e. The Hall–Kier alpha value is -1.96. The molecule has 6 nitrogen and oxygen atoms in total. The SMILES string of the molecule is Cc1noc(-c2ncc(Br)cc2F)c1NC(=O)O. The summed E-state index contributed by atoms with van der Waals surface area (Å²) in [6.07, 6.45) is 0.0842. The van der Waals surface area contributed by atoms with Crippen LogP contribution < -0.4 is 5.32 Å². The van der Waals surface area contributed by atoms with Crippen molar-refractivity contribution in [2.45, 2.75) is 6.92 Å². The first kappa shape index (κ1) is 12.5. The van der Waals surface area contributed by atoms with E-state index in [1.54, 1.807) is 0 Å². The normalized spacial score (nSPS) is 10.4. The Bertz CT molecular complexity index is 614. The van der Waals surface area contributed by atoms with E-state index in [-0.39, 0.29) is 17.1 Å². The predicted octanol–water partition coefficient (Wildman–Crippen LogP) is 3.04. The lowest BCUT2D eigenvalue weighted by molar-refractivity contribution is 0.209. The maximum atomic E-state index is 13.7. The van der Waals surface area contributed by atoms with Gasteiger partial charge in [-0.05, 0) is 28.9 Å². The highest BCUT2D eigenvalue weighted by atomic mass is 79.9. The third-order valence-corrected chi connectivity index (χ3v) is 2.55. The summed E-state index contributed by atoms with van der Waals surface area (Å²) in [6.45, 7) is 1.54. The van der Waals surface area contributed by atoms with Crippen molar-refractivity contribution >= 4 is 27.7 Å². The molecule has 2 rings (SSSR count). The number of hydrogen-bond donors (Lipinski definition) is 2. The lowest BCUT2D eigenvalue weighted by Crippen LogP contribution is -2.08. The molecule has 0 radical (unpaired) electrons. The quantitative estimate of drug-likeness (QED) is 0.889. The van der Waals surface area contributed by atoms with E-state index < -0.39 is 11.9 Å². The van der Waals surface area contributed by atoms with Gasteiger partial charge in [-0.2, -0.15) is 0 Å². The van der Waals surface area contributed by atoms with Gasteiger partial charge in [0.15, 0.2) is 5.82 Å². The highest BCUT2D eigenvalue weighted by molar-refractivity contribution is 9.10. The molecule has 0 saturated carbocycles.